The lowest BCUT2D eigenvalue weighted by Crippen LogP contribution is -2.53. The largest absolute Gasteiger partial charge is 0.466 e. The molecule has 0 aliphatic carbocycles. The van der Waals surface area contributed by atoms with Crippen LogP contribution in [0.2, 0.25) is 18.1 Å². The van der Waals surface area contributed by atoms with Crippen LogP contribution in [0.15, 0.2) is 24.3 Å². The van der Waals surface area contributed by atoms with Crippen molar-refractivity contribution >= 4 is 32.5 Å². The fourth-order valence-electron chi connectivity index (χ4n) is 3.79. The van der Waals surface area contributed by atoms with Gasteiger partial charge in [-0.15, -0.1) is 0 Å². The molecule has 0 unspecified atom stereocenters. The van der Waals surface area contributed by atoms with Crippen molar-refractivity contribution in [2.45, 2.75) is 76.9 Å². The first kappa shape index (κ1) is 32.0. The average molecular weight is 541 g/mol. The zero-order valence-electron chi connectivity index (χ0n) is 22.5. The van der Waals surface area contributed by atoms with Crippen LogP contribution in [0.25, 0.3) is 0 Å². The molecule has 208 valence electrons. The Kier molecular flexibility index (Phi) is 11.7. The molecule has 1 aliphatic rings. The molecule has 1 aromatic carbocycles. The number of rotatable bonds is 9. The second kappa shape index (κ2) is 13.5. The van der Waals surface area contributed by atoms with Crippen LogP contribution in [-0.2, 0) is 30.1 Å². The van der Waals surface area contributed by atoms with E-state index in [4.69, 9.17) is 24.4 Å². The van der Waals surface area contributed by atoms with E-state index in [9.17, 15) is 19.7 Å². The van der Waals surface area contributed by atoms with Gasteiger partial charge in [-0.2, -0.15) is 0 Å². The van der Waals surface area contributed by atoms with Crippen molar-refractivity contribution in [3.05, 3.63) is 39.9 Å². The second-order valence-corrected chi connectivity index (χ2v) is 15.1. The van der Waals surface area contributed by atoms with E-state index in [2.05, 4.69) is 39.6 Å². The molecule has 2 amide bonds. The van der Waals surface area contributed by atoms with E-state index >= 15 is 0 Å². The highest BCUT2D eigenvalue weighted by Crippen LogP contribution is 2.41. The Morgan fingerprint density at radius 3 is 2.27 bits per heavy atom. The summed E-state index contributed by atoms with van der Waals surface area (Å²) in [6.45, 7) is 12.9. The van der Waals surface area contributed by atoms with Crippen molar-refractivity contribution in [2.24, 2.45) is 11.5 Å². The first-order valence-corrected chi connectivity index (χ1v) is 14.9. The van der Waals surface area contributed by atoms with Crippen molar-refractivity contribution < 1.29 is 33.2 Å². The number of benzene rings is 1. The van der Waals surface area contributed by atoms with Crippen LogP contribution in [0.4, 0.5) is 10.5 Å². The topological polar surface area (TPSA) is 177 Å². The molecule has 0 saturated carbocycles. The maximum absolute atomic E-state index is 13.2. The fourth-order valence-corrected chi connectivity index (χ4v) is 5.13. The quantitative estimate of drug-likeness (QED) is 0.157. The Morgan fingerprint density at radius 1 is 1.24 bits per heavy atom. The summed E-state index contributed by atoms with van der Waals surface area (Å²) in [7, 11) is -2.14. The molecule has 4 N–H and O–H groups in total. The number of likely N-dealkylation sites (tertiary alicyclic amines) is 1. The number of nitrogens with two attached hydrogens (primary N) is 2. The van der Waals surface area contributed by atoms with Crippen LogP contribution in [0.3, 0.4) is 0 Å². The van der Waals surface area contributed by atoms with Gasteiger partial charge in [-0.25, -0.2) is 4.79 Å². The minimum Gasteiger partial charge on any atom is -0.466 e. The number of primary amides is 1. The molecule has 0 bridgehead atoms. The molecule has 1 aliphatic heterocycles. The molecule has 1 saturated heterocycles. The van der Waals surface area contributed by atoms with E-state index < -0.39 is 30.8 Å². The number of nitro benzene ring substituents is 1. The van der Waals surface area contributed by atoms with Gasteiger partial charge in [0.2, 0.25) is 6.41 Å². The number of carbonyl (C=O) groups is 3. The summed E-state index contributed by atoms with van der Waals surface area (Å²) in [6, 6.07) is 5.78. The van der Waals surface area contributed by atoms with Crippen LogP contribution in [0.5, 0.6) is 0 Å². The standard InChI is InChI=1S/C23H37N3O7Si.CH3NO/c1-7-31-20(27)13-23(16-24)12-19(33-34(5,6)22(2,3)4)14-25(23)21(28)32-15-17-8-10-18(11-9-17)26(29)30;2-1-3/h8-11,19H,7,12-16,24H2,1-6H3;1H,(H2,2,3)/t19-,23+;/m1./s1. The molecular weight excluding hydrogens is 500 g/mol. The smallest absolute Gasteiger partial charge is 0.410 e. The number of nitrogens with zero attached hydrogens (tertiary/aromatic N) is 2. The Morgan fingerprint density at radius 2 is 1.81 bits per heavy atom. The molecule has 13 heteroatoms. The average Bonchev–Trinajstić information content (AvgIpc) is 3.15. The van der Waals surface area contributed by atoms with Crippen LogP contribution in [0.1, 0.15) is 46.1 Å². The molecule has 1 aromatic rings. The van der Waals surface area contributed by atoms with Gasteiger partial charge in [0, 0.05) is 25.2 Å². The van der Waals surface area contributed by atoms with Gasteiger partial charge in [0.25, 0.3) is 5.69 Å². The van der Waals surface area contributed by atoms with Crippen molar-refractivity contribution in [3.8, 4) is 0 Å². The van der Waals surface area contributed by atoms with E-state index in [1.165, 1.54) is 29.2 Å². The zero-order valence-corrected chi connectivity index (χ0v) is 23.5. The Labute approximate surface area is 218 Å². The van der Waals surface area contributed by atoms with Gasteiger partial charge in [0.15, 0.2) is 8.32 Å². The van der Waals surface area contributed by atoms with Gasteiger partial charge in [0.1, 0.15) is 6.61 Å². The first-order valence-electron chi connectivity index (χ1n) is 12.0. The van der Waals surface area contributed by atoms with Crippen LogP contribution < -0.4 is 11.5 Å². The van der Waals surface area contributed by atoms with Gasteiger partial charge >= 0.3 is 12.1 Å². The van der Waals surface area contributed by atoms with Crippen LogP contribution in [0, 0.1) is 10.1 Å². The molecule has 37 heavy (non-hydrogen) atoms. The minimum absolute atomic E-state index is 0.0244. The summed E-state index contributed by atoms with van der Waals surface area (Å²) in [5, 5.41) is 10.8. The minimum atomic E-state index is -2.14. The van der Waals surface area contributed by atoms with E-state index in [1.807, 2.05) is 0 Å². The number of amides is 2. The van der Waals surface area contributed by atoms with Crippen molar-refractivity contribution in [1.82, 2.24) is 4.90 Å². The van der Waals surface area contributed by atoms with Crippen molar-refractivity contribution in [1.29, 1.82) is 0 Å². The second-order valence-electron chi connectivity index (χ2n) is 10.3. The summed E-state index contributed by atoms with van der Waals surface area (Å²) in [4.78, 5) is 46.0. The van der Waals surface area contributed by atoms with Gasteiger partial charge in [-0.3, -0.25) is 24.6 Å². The lowest BCUT2D eigenvalue weighted by molar-refractivity contribution is -0.384. The summed E-state index contributed by atoms with van der Waals surface area (Å²) < 4.78 is 17.2. The Balaban J connectivity index is 0.00000217. The van der Waals surface area contributed by atoms with Gasteiger partial charge in [-0.1, -0.05) is 20.8 Å². The summed E-state index contributed by atoms with van der Waals surface area (Å²) in [5.74, 6) is -0.436. The first-order chi connectivity index (χ1) is 17.2. The summed E-state index contributed by atoms with van der Waals surface area (Å²) in [5.41, 5.74) is 9.89. The van der Waals surface area contributed by atoms with E-state index in [-0.39, 0.29) is 56.0 Å². The molecule has 0 spiro atoms. The van der Waals surface area contributed by atoms with E-state index in [1.54, 1.807) is 6.92 Å². The number of hydrogen-bond acceptors (Lipinski definition) is 9. The maximum atomic E-state index is 13.2. The molecule has 1 heterocycles. The third-order valence-electron chi connectivity index (χ3n) is 6.72. The van der Waals surface area contributed by atoms with E-state index in [0.717, 1.165) is 0 Å². The third kappa shape index (κ3) is 8.79. The van der Waals surface area contributed by atoms with Gasteiger partial charge < -0.3 is 25.4 Å². The van der Waals surface area contributed by atoms with Crippen LogP contribution >= 0.6 is 0 Å². The lowest BCUT2D eigenvalue weighted by atomic mass is 9.91. The number of hydrogen-bond donors (Lipinski definition) is 2. The lowest BCUT2D eigenvalue weighted by Gasteiger charge is -2.38. The van der Waals surface area contributed by atoms with Crippen molar-refractivity contribution in [3.63, 3.8) is 0 Å². The number of non-ortho nitro benzene ring substituents is 1. The predicted octanol–water partition coefficient (Wildman–Crippen LogP) is 3.08. The number of nitro groups is 1. The molecule has 2 atom stereocenters. The SMILES string of the molecule is CCOC(=O)C[C@]1(CN)C[C@@H](O[Si](C)(C)C(C)(C)C)CN1C(=O)OCc1ccc([N+](=O)[O-])cc1.NC=O. The normalized spacial score (nSPS) is 19.4. The summed E-state index contributed by atoms with van der Waals surface area (Å²) >= 11 is 0. The number of ether oxygens (including phenoxy) is 2. The third-order valence-corrected chi connectivity index (χ3v) is 11.3. The van der Waals surface area contributed by atoms with Crippen molar-refractivity contribution in [2.75, 3.05) is 19.7 Å². The maximum Gasteiger partial charge on any atom is 0.410 e. The number of esters is 1. The monoisotopic (exact) mass is 540 g/mol. The van der Waals surface area contributed by atoms with E-state index in [0.29, 0.717) is 12.0 Å². The highest BCUT2D eigenvalue weighted by atomic mass is 28.4. The molecule has 1 fully saturated rings. The fraction of sp³-hybridized carbons (Fsp3) is 0.625. The Hall–Kier alpha value is -3.03. The Bertz CT molecular complexity index is 936. The molecule has 12 nitrogen and oxygen atoms in total. The highest BCUT2D eigenvalue weighted by Gasteiger charge is 2.52. The molecule has 0 radical (unpaired) electrons. The summed E-state index contributed by atoms with van der Waals surface area (Å²) in [6.07, 6.45) is -0.303. The molecule has 0 aromatic heterocycles. The number of carbonyl (C=O) groups excluding carboxylic acids is 3. The highest BCUT2D eigenvalue weighted by molar-refractivity contribution is 6.74. The molecular formula is C24H40N4O8Si. The van der Waals surface area contributed by atoms with Gasteiger partial charge in [-0.05, 0) is 49.2 Å². The van der Waals surface area contributed by atoms with Crippen LogP contribution in [-0.4, -0.2) is 68.0 Å². The predicted molar refractivity (Wildman–Crippen MR) is 140 cm³/mol. The zero-order chi connectivity index (χ0) is 28.4. The molecule has 2 rings (SSSR count). The van der Waals surface area contributed by atoms with Gasteiger partial charge in [0.05, 0.1) is 29.6 Å².